The number of nitrogens with one attached hydrogen (secondary N) is 1. The third kappa shape index (κ3) is 5.46. The van der Waals surface area contributed by atoms with Gasteiger partial charge in [0.25, 0.3) is 0 Å². The van der Waals surface area contributed by atoms with Crippen molar-refractivity contribution in [3.63, 3.8) is 0 Å². The molecule has 0 aromatic rings. The van der Waals surface area contributed by atoms with Gasteiger partial charge in [0, 0.05) is 18.6 Å². The Bertz CT molecular complexity index is 389. The Morgan fingerprint density at radius 1 is 1.42 bits per heavy atom. The standard InChI is InChI=1S/C12H24N2O4S/c1-10(2)14(9-11-5-3-4-7-13-11)19(17,18)8-6-12(15)16/h10-11,13H,3-9H2,1-2H3,(H,15,16). The van der Waals surface area contributed by atoms with E-state index in [2.05, 4.69) is 5.32 Å². The first kappa shape index (κ1) is 16.4. The van der Waals surface area contributed by atoms with Crippen LogP contribution in [0.1, 0.15) is 39.5 Å². The van der Waals surface area contributed by atoms with Crippen molar-refractivity contribution < 1.29 is 18.3 Å². The van der Waals surface area contributed by atoms with E-state index in [1.165, 1.54) is 4.31 Å². The van der Waals surface area contributed by atoms with Gasteiger partial charge in [0.05, 0.1) is 12.2 Å². The third-order valence-electron chi connectivity index (χ3n) is 3.32. The molecule has 19 heavy (non-hydrogen) atoms. The number of piperidine rings is 1. The fourth-order valence-corrected chi connectivity index (χ4v) is 3.99. The molecule has 6 nitrogen and oxygen atoms in total. The second-order valence-electron chi connectivity index (χ2n) is 5.27. The molecule has 7 heteroatoms. The maximum absolute atomic E-state index is 12.2. The lowest BCUT2D eigenvalue weighted by atomic mass is 10.1. The fourth-order valence-electron chi connectivity index (χ4n) is 2.28. The molecule has 1 aliphatic heterocycles. The molecule has 0 aliphatic carbocycles. The topological polar surface area (TPSA) is 86.7 Å². The van der Waals surface area contributed by atoms with E-state index in [9.17, 15) is 13.2 Å². The number of sulfonamides is 1. The number of nitrogens with zero attached hydrogens (tertiary/aromatic N) is 1. The monoisotopic (exact) mass is 292 g/mol. The van der Waals surface area contributed by atoms with Gasteiger partial charge in [-0.2, -0.15) is 4.31 Å². The normalized spacial score (nSPS) is 20.9. The summed E-state index contributed by atoms with van der Waals surface area (Å²) in [7, 11) is -3.50. The highest BCUT2D eigenvalue weighted by atomic mass is 32.2. The van der Waals surface area contributed by atoms with Gasteiger partial charge < -0.3 is 10.4 Å². The van der Waals surface area contributed by atoms with Crippen LogP contribution in [0.5, 0.6) is 0 Å². The van der Waals surface area contributed by atoms with E-state index in [0.29, 0.717) is 6.54 Å². The number of carboxylic acids is 1. The first-order chi connectivity index (χ1) is 8.83. The molecule has 0 aromatic carbocycles. The van der Waals surface area contributed by atoms with Gasteiger partial charge in [-0.1, -0.05) is 6.42 Å². The quantitative estimate of drug-likeness (QED) is 0.719. The summed E-state index contributed by atoms with van der Waals surface area (Å²) in [5.74, 6) is -1.41. The van der Waals surface area contributed by atoms with Crippen LogP contribution in [-0.4, -0.2) is 54.7 Å². The molecular weight excluding hydrogens is 268 g/mol. The van der Waals surface area contributed by atoms with Crippen LogP contribution in [0.15, 0.2) is 0 Å². The summed E-state index contributed by atoms with van der Waals surface area (Å²) in [6.45, 7) is 4.99. The van der Waals surface area contributed by atoms with E-state index in [4.69, 9.17) is 5.11 Å². The molecule has 1 heterocycles. The van der Waals surface area contributed by atoms with Crippen LogP contribution in [0.4, 0.5) is 0 Å². The van der Waals surface area contributed by atoms with E-state index in [-0.39, 0.29) is 24.3 Å². The molecule has 1 unspecified atom stereocenters. The van der Waals surface area contributed by atoms with Crippen LogP contribution < -0.4 is 5.32 Å². The van der Waals surface area contributed by atoms with Crippen LogP contribution in [0.3, 0.4) is 0 Å². The molecule has 0 aromatic heterocycles. The molecule has 112 valence electrons. The second-order valence-corrected chi connectivity index (χ2v) is 7.31. The Labute approximate surface area is 115 Å². The van der Waals surface area contributed by atoms with E-state index in [1.54, 1.807) is 0 Å². The van der Waals surface area contributed by atoms with Gasteiger partial charge in [0.1, 0.15) is 0 Å². The average Bonchev–Trinajstić information content (AvgIpc) is 2.34. The molecule has 1 atom stereocenters. The molecule has 2 N–H and O–H groups in total. The summed E-state index contributed by atoms with van der Waals surface area (Å²) in [5, 5.41) is 11.9. The minimum absolute atomic E-state index is 0.150. The van der Waals surface area contributed by atoms with E-state index >= 15 is 0 Å². The molecule has 1 aliphatic rings. The minimum atomic E-state index is -3.50. The maximum atomic E-state index is 12.2. The van der Waals surface area contributed by atoms with E-state index in [0.717, 1.165) is 25.8 Å². The zero-order valence-corrected chi connectivity index (χ0v) is 12.4. The number of carboxylic acid groups (broad SMARTS) is 1. The number of carbonyl (C=O) groups is 1. The van der Waals surface area contributed by atoms with Gasteiger partial charge in [-0.3, -0.25) is 4.79 Å². The minimum Gasteiger partial charge on any atom is -0.481 e. The Hall–Kier alpha value is -0.660. The number of hydrogen-bond donors (Lipinski definition) is 2. The molecule has 0 radical (unpaired) electrons. The highest BCUT2D eigenvalue weighted by Crippen LogP contribution is 2.14. The molecule has 1 fully saturated rings. The smallest absolute Gasteiger partial charge is 0.304 e. The number of rotatable bonds is 7. The second kappa shape index (κ2) is 7.21. The summed E-state index contributed by atoms with van der Waals surface area (Å²) in [5.41, 5.74) is 0. The Kier molecular flexibility index (Phi) is 6.22. The van der Waals surface area contributed by atoms with Crippen molar-refractivity contribution in [2.45, 2.75) is 51.6 Å². The fraction of sp³-hybridized carbons (Fsp3) is 0.917. The van der Waals surface area contributed by atoms with E-state index in [1.807, 2.05) is 13.8 Å². The number of aliphatic carboxylic acids is 1. The Balaban J connectivity index is 2.67. The molecule has 0 bridgehead atoms. The van der Waals surface area contributed by atoms with Crippen molar-refractivity contribution in [3.8, 4) is 0 Å². The van der Waals surface area contributed by atoms with Crippen LogP contribution in [0.2, 0.25) is 0 Å². The summed E-state index contributed by atoms with van der Waals surface area (Å²) in [4.78, 5) is 10.5. The highest BCUT2D eigenvalue weighted by molar-refractivity contribution is 7.89. The van der Waals surface area contributed by atoms with Crippen LogP contribution >= 0.6 is 0 Å². The summed E-state index contributed by atoms with van der Waals surface area (Å²) in [6, 6.07) is 0.0262. The van der Waals surface area contributed by atoms with Gasteiger partial charge in [0.2, 0.25) is 10.0 Å². The van der Waals surface area contributed by atoms with Crippen LogP contribution in [0, 0.1) is 0 Å². The summed E-state index contributed by atoms with van der Waals surface area (Å²) < 4.78 is 25.8. The molecule has 1 rings (SSSR count). The van der Waals surface area contributed by atoms with Crippen molar-refractivity contribution in [3.05, 3.63) is 0 Å². The largest absolute Gasteiger partial charge is 0.481 e. The maximum Gasteiger partial charge on any atom is 0.304 e. The lowest BCUT2D eigenvalue weighted by Gasteiger charge is -2.32. The first-order valence-electron chi connectivity index (χ1n) is 6.77. The Morgan fingerprint density at radius 2 is 2.11 bits per heavy atom. The summed E-state index contributed by atoms with van der Waals surface area (Å²) in [6.07, 6.45) is 2.87. The SMILES string of the molecule is CC(C)N(CC1CCCCN1)S(=O)(=O)CCC(=O)O. The van der Waals surface area contributed by atoms with Gasteiger partial charge in [-0.25, -0.2) is 8.42 Å². The molecule has 1 saturated heterocycles. The highest BCUT2D eigenvalue weighted by Gasteiger charge is 2.28. The predicted molar refractivity (Wildman–Crippen MR) is 73.5 cm³/mol. The lowest BCUT2D eigenvalue weighted by Crippen LogP contribution is -2.48. The molecule has 0 saturated carbocycles. The molecule has 0 spiro atoms. The van der Waals surface area contributed by atoms with Gasteiger partial charge >= 0.3 is 5.97 Å². The van der Waals surface area contributed by atoms with Crippen LogP contribution in [-0.2, 0) is 14.8 Å². The van der Waals surface area contributed by atoms with Gasteiger partial charge in [-0.15, -0.1) is 0 Å². The van der Waals surface area contributed by atoms with Crippen LogP contribution in [0.25, 0.3) is 0 Å². The first-order valence-corrected chi connectivity index (χ1v) is 8.38. The van der Waals surface area contributed by atoms with Crippen molar-refractivity contribution in [2.24, 2.45) is 0 Å². The lowest BCUT2D eigenvalue weighted by molar-refractivity contribution is -0.136. The Morgan fingerprint density at radius 3 is 2.58 bits per heavy atom. The molecular formula is C12H24N2O4S. The zero-order valence-electron chi connectivity index (χ0n) is 11.6. The predicted octanol–water partition coefficient (Wildman–Crippen LogP) is 0.643. The van der Waals surface area contributed by atoms with Crippen molar-refractivity contribution in [1.29, 1.82) is 0 Å². The summed E-state index contributed by atoms with van der Waals surface area (Å²) >= 11 is 0. The van der Waals surface area contributed by atoms with Gasteiger partial charge in [0.15, 0.2) is 0 Å². The van der Waals surface area contributed by atoms with Crippen molar-refractivity contribution >= 4 is 16.0 Å². The molecule has 0 amide bonds. The average molecular weight is 292 g/mol. The zero-order chi connectivity index (χ0) is 14.5. The van der Waals surface area contributed by atoms with Gasteiger partial charge in [-0.05, 0) is 33.2 Å². The van der Waals surface area contributed by atoms with E-state index < -0.39 is 16.0 Å². The van der Waals surface area contributed by atoms with Crippen molar-refractivity contribution in [2.75, 3.05) is 18.8 Å². The third-order valence-corrected chi connectivity index (χ3v) is 5.33. The number of hydrogen-bond acceptors (Lipinski definition) is 4. The van der Waals surface area contributed by atoms with Crippen molar-refractivity contribution in [1.82, 2.24) is 9.62 Å².